The van der Waals surface area contributed by atoms with Gasteiger partial charge in [0.2, 0.25) is 10.0 Å². The highest BCUT2D eigenvalue weighted by Gasteiger charge is 2.46. The van der Waals surface area contributed by atoms with Crippen LogP contribution in [0.25, 0.3) is 0 Å². The Morgan fingerprint density at radius 2 is 2.04 bits per heavy atom. The van der Waals surface area contributed by atoms with E-state index >= 15 is 0 Å². The van der Waals surface area contributed by atoms with E-state index in [2.05, 4.69) is 4.72 Å². The molecule has 7 heteroatoms. The molecule has 1 saturated carbocycles. The van der Waals surface area contributed by atoms with Gasteiger partial charge in [0.25, 0.3) is 0 Å². The van der Waals surface area contributed by atoms with Crippen molar-refractivity contribution in [1.82, 2.24) is 4.72 Å². The monoisotopic (exact) mass is 353 g/mol. The van der Waals surface area contributed by atoms with E-state index in [1.807, 2.05) is 17.5 Å². The van der Waals surface area contributed by atoms with Crippen molar-refractivity contribution in [2.24, 2.45) is 5.92 Å². The lowest BCUT2D eigenvalue weighted by molar-refractivity contribution is 0.0222. The van der Waals surface area contributed by atoms with Crippen LogP contribution in [0, 0.1) is 5.92 Å². The molecule has 3 rings (SSSR count). The molecule has 0 spiro atoms. The Hall–Kier alpha value is -1.41. The van der Waals surface area contributed by atoms with Gasteiger partial charge in [-0.3, -0.25) is 0 Å². The fourth-order valence-corrected chi connectivity index (χ4v) is 4.79. The molecule has 1 aliphatic rings. The topological polar surface area (TPSA) is 75.6 Å². The summed E-state index contributed by atoms with van der Waals surface area (Å²) in [4.78, 5) is 0.870. The van der Waals surface area contributed by atoms with Crippen LogP contribution < -0.4 is 9.46 Å². The molecule has 5 nitrogen and oxygen atoms in total. The third-order valence-electron chi connectivity index (χ3n) is 4.09. The molecule has 1 atom stereocenters. The van der Waals surface area contributed by atoms with E-state index in [9.17, 15) is 13.5 Å². The number of thiophene rings is 1. The third-order valence-corrected chi connectivity index (χ3v) is 6.57. The molecule has 0 radical (unpaired) electrons. The van der Waals surface area contributed by atoms with Crippen molar-refractivity contribution in [3.63, 3.8) is 0 Å². The number of sulfonamides is 1. The number of rotatable bonds is 7. The fraction of sp³-hybridized carbons (Fsp3) is 0.375. The maximum Gasteiger partial charge on any atom is 0.244 e. The van der Waals surface area contributed by atoms with Crippen LogP contribution in [-0.2, 0) is 15.6 Å². The maximum atomic E-state index is 12.6. The molecule has 2 aromatic rings. The van der Waals surface area contributed by atoms with Gasteiger partial charge < -0.3 is 9.84 Å². The van der Waals surface area contributed by atoms with Crippen LogP contribution in [0.3, 0.4) is 0 Å². The van der Waals surface area contributed by atoms with Gasteiger partial charge in [0, 0.05) is 11.4 Å². The van der Waals surface area contributed by atoms with E-state index in [0.717, 1.165) is 17.7 Å². The number of ether oxygens (including phenoxy) is 1. The van der Waals surface area contributed by atoms with Gasteiger partial charge in [0.05, 0.1) is 7.11 Å². The van der Waals surface area contributed by atoms with Crippen molar-refractivity contribution < 1.29 is 18.3 Å². The molecule has 0 amide bonds. The highest BCUT2D eigenvalue weighted by Crippen LogP contribution is 2.46. The van der Waals surface area contributed by atoms with E-state index in [1.54, 1.807) is 18.2 Å². The first-order valence-corrected chi connectivity index (χ1v) is 9.73. The third kappa shape index (κ3) is 3.28. The molecule has 1 unspecified atom stereocenters. The highest BCUT2D eigenvalue weighted by atomic mass is 32.2. The van der Waals surface area contributed by atoms with Crippen LogP contribution in [0.2, 0.25) is 0 Å². The van der Waals surface area contributed by atoms with Crippen molar-refractivity contribution >= 4 is 21.4 Å². The number of aliphatic hydroxyl groups is 1. The van der Waals surface area contributed by atoms with Gasteiger partial charge >= 0.3 is 0 Å². The van der Waals surface area contributed by atoms with Gasteiger partial charge in [-0.2, -0.15) is 0 Å². The SMILES string of the molecule is COc1ccccc1S(=O)(=O)NCC(O)(c1cccs1)C1CC1. The summed E-state index contributed by atoms with van der Waals surface area (Å²) in [5.41, 5.74) is -1.15. The molecule has 1 aromatic heterocycles. The Balaban J connectivity index is 1.83. The van der Waals surface area contributed by atoms with Gasteiger partial charge in [0.1, 0.15) is 16.2 Å². The molecule has 1 fully saturated rings. The first-order valence-electron chi connectivity index (χ1n) is 7.36. The van der Waals surface area contributed by atoms with Gasteiger partial charge in [-0.1, -0.05) is 18.2 Å². The molecule has 23 heavy (non-hydrogen) atoms. The van der Waals surface area contributed by atoms with Crippen LogP contribution >= 0.6 is 11.3 Å². The zero-order chi connectivity index (χ0) is 16.5. The average molecular weight is 353 g/mol. The second kappa shape index (κ2) is 6.24. The van der Waals surface area contributed by atoms with Crippen LogP contribution in [0.4, 0.5) is 0 Å². The summed E-state index contributed by atoms with van der Waals surface area (Å²) in [6.07, 6.45) is 1.82. The molecule has 1 aliphatic carbocycles. The average Bonchev–Trinajstić information content (AvgIpc) is 3.27. The first kappa shape index (κ1) is 16.4. The van der Waals surface area contributed by atoms with Crippen molar-refractivity contribution in [1.29, 1.82) is 0 Å². The lowest BCUT2D eigenvalue weighted by Gasteiger charge is -2.27. The number of methoxy groups -OCH3 is 1. The predicted molar refractivity (Wildman–Crippen MR) is 89.1 cm³/mol. The van der Waals surface area contributed by atoms with Crippen LogP contribution in [0.5, 0.6) is 5.75 Å². The van der Waals surface area contributed by atoms with Gasteiger partial charge in [-0.05, 0) is 42.3 Å². The number of benzene rings is 1. The molecule has 124 valence electrons. The molecule has 2 N–H and O–H groups in total. The van der Waals surface area contributed by atoms with Gasteiger partial charge in [-0.15, -0.1) is 11.3 Å². The van der Waals surface area contributed by atoms with Crippen molar-refractivity contribution in [2.75, 3.05) is 13.7 Å². The Morgan fingerprint density at radius 1 is 1.30 bits per heavy atom. The predicted octanol–water partition coefficient (Wildman–Crippen LogP) is 2.33. The lowest BCUT2D eigenvalue weighted by Crippen LogP contribution is -2.42. The minimum Gasteiger partial charge on any atom is -0.495 e. The molecule has 0 saturated heterocycles. The number of nitrogens with one attached hydrogen (secondary N) is 1. The van der Waals surface area contributed by atoms with Crippen LogP contribution in [0.1, 0.15) is 17.7 Å². The molecule has 0 bridgehead atoms. The lowest BCUT2D eigenvalue weighted by atomic mass is 9.96. The van der Waals surface area contributed by atoms with Crippen molar-refractivity contribution in [2.45, 2.75) is 23.3 Å². The van der Waals surface area contributed by atoms with Gasteiger partial charge in [-0.25, -0.2) is 13.1 Å². The number of para-hydroxylation sites is 1. The quantitative estimate of drug-likeness (QED) is 0.801. The van der Waals surface area contributed by atoms with E-state index in [-0.39, 0.29) is 23.1 Å². The van der Waals surface area contributed by atoms with E-state index in [0.29, 0.717) is 0 Å². The molecule has 1 heterocycles. The molecular weight excluding hydrogens is 334 g/mol. The van der Waals surface area contributed by atoms with E-state index in [4.69, 9.17) is 4.74 Å². The zero-order valence-electron chi connectivity index (χ0n) is 12.7. The second-order valence-electron chi connectivity index (χ2n) is 5.65. The molecule has 0 aliphatic heterocycles. The van der Waals surface area contributed by atoms with E-state index < -0.39 is 15.6 Å². The first-order chi connectivity index (χ1) is 11.0. The fourth-order valence-electron chi connectivity index (χ4n) is 2.64. The summed E-state index contributed by atoms with van der Waals surface area (Å²) >= 11 is 1.44. The molecular formula is C16H19NO4S2. The summed E-state index contributed by atoms with van der Waals surface area (Å²) < 4.78 is 32.8. The summed E-state index contributed by atoms with van der Waals surface area (Å²) in [7, 11) is -2.33. The smallest absolute Gasteiger partial charge is 0.244 e. The number of hydrogen-bond acceptors (Lipinski definition) is 5. The van der Waals surface area contributed by atoms with Crippen LogP contribution in [0.15, 0.2) is 46.7 Å². The second-order valence-corrected chi connectivity index (χ2v) is 8.33. The summed E-state index contributed by atoms with van der Waals surface area (Å²) in [5, 5.41) is 12.9. The standard InChI is InChI=1S/C16H19NO4S2/c1-21-13-5-2-3-6-14(13)23(19,20)17-11-16(18,12-8-9-12)15-7-4-10-22-15/h2-7,10,12,17-18H,8-9,11H2,1H3. The number of hydrogen-bond donors (Lipinski definition) is 2. The largest absolute Gasteiger partial charge is 0.495 e. The summed E-state index contributed by atoms with van der Waals surface area (Å²) in [6, 6.07) is 10.2. The van der Waals surface area contributed by atoms with Crippen molar-refractivity contribution in [3.05, 3.63) is 46.7 Å². The van der Waals surface area contributed by atoms with E-state index in [1.165, 1.54) is 24.5 Å². The Kier molecular flexibility index (Phi) is 4.46. The minimum absolute atomic E-state index is 0.0431. The zero-order valence-corrected chi connectivity index (χ0v) is 14.4. The summed E-state index contributed by atoms with van der Waals surface area (Å²) in [6.45, 7) is -0.0431. The van der Waals surface area contributed by atoms with Crippen LogP contribution in [-0.4, -0.2) is 27.2 Å². The highest BCUT2D eigenvalue weighted by molar-refractivity contribution is 7.89. The Labute approximate surface area is 140 Å². The maximum absolute atomic E-state index is 12.6. The minimum atomic E-state index is -3.76. The normalized spacial score (nSPS) is 17.7. The Bertz CT molecular complexity index is 769. The summed E-state index contributed by atoms with van der Waals surface area (Å²) in [5.74, 6) is 0.382. The Morgan fingerprint density at radius 3 is 2.65 bits per heavy atom. The van der Waals surface area contributed by atoms with Gasteiger partial charge in [0.15, 0.2) is 0 Å². The van der Waals surface area contributed by atoms with Crippen molar-refractivity contribution in [3.8, 4) is 5.75 Å². The molecule has 1 aromatic carbocycles.